The van der Waals surface area contributed by atoms with Crippen LogP contribution in [0.15, 0.2) is 30.5 Å². The number of carbonyl (C=O) groups is 2. The summed E-state index contributed by atoms with van der Waals surface area (Å²) in [5.74, 6) is -12.0. The average molecular weight is 411 g/mol. The van der Waals surface area contributed by atoms with Gasteiger partial charge in [-0.1, -0.05) is 24.3 Å². The number of hydrazine groups is 1. The first-order valence-electron chi connectivity index (χ1n) is 8.34. The van der Waals surface area contributed by atoms with Gasteiger partial charge in [0.1, 0.15) is 5.69 Å². The largest absolute Gasteiger partial charge is 0.311 e. The molecule has 1 atom stereocenters. The van der Waals surface area contributed by atoms with Crippen LogP contribution in [0.3, 0.4) is 0 Å². The van der Waals surface area contributed by atoms with Crippen molar-refractivity contribution in [2.24, 2.45) is 0 Å². The predicted molar refractivity (Wildman–Crippen MR) is 93.4 cm³/mol. The fourth-order valence-corrected chi connectivity index (χ4v) is 2.99. The molecule has 10 heteroatoms. The van der Waals surface area contributed by atoms with Gasteiger partial charge in [-0.15, -0.1) is 0 Å². The van der Waals surface area contributed by atoms with E-state index in [0.717, 1.165) is 5.56 Å². The highest BCUT2D eigenvalue weighted by molar-refractivity contribution is 5.82. The maximum absolute atomic E-state index is 13.7. The van der Waals surface area contributed by atoms with Crippen LogP contribution < -0.4 is 10.9 Å². The molecule has 152 valence electrons. The molecule has 1 heterocycles. The predicted octanol–water partition coefficient (Wildman–Crippen LogP) is 3.79. The van der Waals surface area contributed by atoms with Gasteiger partial charge in [0, 0.05) is 13.1 Å². The van der Waals surface area contributed by atoms with Crippen LogP contribution >= 0.6 is 0 Å². The number of rotatable bonds is 4. The number of fused-ring (bicyclic) bond motifs is 1. The lowest BCUT2D eigenvalue weighted by atomic mass is 9.93. The standard InChI is InChI=1S/C19H14F5N3O2/c1-9(28)27-7-6-10-4-2-3-5-11(10)12(27)8-13(29)25-26-19-17(23)15(21)14(20)16(22)18(19)24/h2-7,12,26H,8H2,1H3,(H,25,29)/t12-/m1/s1. The number of amides is 2. The topological polar surface area (TPSA) is 61.4 Å². The molecule has 0 unspecified atom stereocenters. The van der Waals surface area contributed by atoms with E-state index in [2.05, 4.69) is 0 Å². The first-order chi connectivity index (χ1) is 13.7. The molecule has 1 aliphatic rings. The van der Waals surface area contributed by atoms with E-state index < -0.39 is 46.7 Å². The van der Waals surface area contributed by atoms with E-state index in [-0.39, 0.29) is 12.3 Å². The average Bonchev–Trinajstić information content (AvgIpc) is 2.70. The molecule has 0 saturated carbocycles. The van der Waals surface area contributed by atoms with E-state index in [1.165, 1.54) is 18.0 Å². The summed E-state index contributed by atoms with van der Waals surface area (Å²) < 4.78 is 66.9. The van der Waals surface area contributed by atoms with E-state index in [4.69, 9.17) is 0 Å². The third-order valence-electron chi connectivity index (χ3n) is 4.38. The lowest BCUT2D eigenvalue weighted by molar-refractivity contribution is -0.129. The number of anilines is 1. The molecule has 2 N–H and O–H groups in total. The van der Waals surface area contributed by atoms with Gasteiger partial charge in [0.15, 0.2) is 23.3 Å². The van der Waals surface area contributed by atoms with E-state index in [1.807, 2.05) is 5.43 Å². The zero-order chi connectivity index (χ0) is 21.3. The summed E-state index contributed by atoms with van der Waals surface area (Å²) in [6, 6.07) is 6.26. The molecule has 0 aromatic heterocycles. The quantitative estimate of drug-likeness (QED) is 0.348. The van der Waals surface area contributed by atoms with E-state index >= 15 is 0 Å². The molecule has 2 aromatic carbocycles. The molecule has 2 amide bonds. The molecule has 1 aliphatic heterocycles. The van der Waals surface area contributed by atoms with Gasteiger partial charge < -0.3 is 4.90 Å². The molecule has 0 aliphatic carbocycles. The number of hydrogen-bond donors (Lipinski definition) is 2. The third-order valence-corrected chi connectivity index (χ3v) is 4.38. The molecule has 2 aromatic rings. The second-order valence-electron chi connectivity index (χ2n) is 6.21. The second kappa shape index (κ2) is 7.90. The van der Waals surface area contributed by atoms with E-state index in [1.54, 1.807) is 35.8 Å². The van der Waals surface area contributed by atoms with Crippen LogP contribution in [0, 0.1) is 29.1 Å². The second-order valence-corrected chi connectivity index (χ2v) is 6.21. The Kier molecular flexibility index (Phi) is 5.53. The van der Waals surface area contributed by atoms with E-state index in [0.29, 0.717) is 5.56 Å². The Labute approximate surface area is 161 Å². The zero-order valence-electron chi connectivity index (χ0n) is 14.9. The van der Waals surface area contributed by atoms with Crippen molar-refractivity contribution in [1.82, 2.24) is 10.3 Å². The SMILES string of the molecule is CC(=O)N1C=Cc2ccccc2[C@H]1CC(=O)NNc1c(F)c(F)c(F)c(F)c1F. The smallest absolute Gasteiger partial charge is 0.240 e. The van der Waals surface area contributed by atoms with Gasteiger partial charge in [-0.05, 0) is 17.2 Å². The summed E-state index contributed by atoms with van der Waals surface area (Å²) >= 11 is 0. The van der Waals surface area contributed by atoms with Crippen molar-refractivity contribution in [1.29, 1.82) is 0 Å². The van der Waals surface area contributed by atoms with Crippen molar-refractivity contribution in [3.05, 3.63) is 70.7 Å². The van der Waals surface area contributed by atoms with Crippen LogP contribution in [0.2, 0.25) is 0 Å². The van der Waals surface area contributed by atoms with Gasteiger partial charge in [-0.25, -0.2) is 22.0 Å². The number of nitrogens with zero attached hydrogens (tertiary/aromatic N) is 1. The highest BCUT2D eigenvalue weighted by Crippen LogP contribution is 2.33. The zero-order valence-corrected chi connectivity index (χ0v) is 14.9. The summed E-state index contributed by atoms with van der Waals surface area (Å²) in [5, 5.41) is 0. The molecule has 3 rings (SSSR count). The van der Waals surface area contributed by atoms with Crippen molar-refractivity contribution < 1.29 is 31.5 Å². The van der Waals surface area contributed by atoms with Crippen molar-refractivity contribution >= 4 is 23.6 Å². The van der Waals surface area contributed by atoms with Crippen LogP contribution in [0.1, 0.15) is 30.5 Å². The minimum Gasteiger partial charge on any atom is -0.311 e. The Morgan fingerprint density at radius 2 is 1.55 bits per heavy atom. The molecule has 0 bridgehead atoms. The molecular formula is C19H14F5N3O2. The molecular weight excluding hydrogens is 397 g/mol. The van der Waals surface area contributed by atoms with Crippen LogP contribution in [0.5, 0.6) is 0 Å². The summed E-state index contributed by atoms with van der Waals surface area (Å²) in [6.45, 7) is 1.30. The molecule has 0 spiro atoms. The Balaban J connectivity index is 1.79. The van der Waals surface area contributed by atoms with Crippen LogP contribution in [0.25, 0.3) is 6.08 Å². The Morgan fingerprint density at radius 3 is 2.17 bits per heavy atom. The van der Waals surface area contributed by atoms with Crippen molar-refractivity contribution in [2.75, 3.05) is 5.43 Å². The van der Waals surface area contributed by atoms with Gasteiger partial charge in [-0.2, -0.15) is 0 Å². The highest BCUT2D eigenvalue weighted by Gasteiger charge is 2.29. The van der Waals surface area contributed by atoms with E-state index in [9.17, 15) is 31.5 Å². The Bertz CT molecular complexity index is 996. The summed E-state index contributed by atoms with van der Waals surface area (Å²) in [4.78, 5) is 25.5. The summed E-state index contributed by atoms with van der Waals surface area (Å²) in [6.07, 6.45) is 2.86. The van der Waals surface area contributed by atoms with Gasteiger partial charge in [0.25, 0.3) is 0 Å². The van der Waals surface area contributed by atoms with Crippen LogP contribution in [-0.4, -0.2) is 16.7 Å². The first kappa shape index (κ1) is 20.3. The fraction of sp³-hybridized carbons (Fsp3) is 0.158. The molecule has 0 saturated heterocycles. The Morgan fingerprint density at radius 1 is 0.966 bits per heavy atom. The van der Waals surface area contributed by atoms with Gasteiger partial charge in [0.2, 0.25) is 17.6 Å². The minimum atomic E-state index is -2.31. The number of hydrogen-bond acceptors (Lipinski definition) is 3. The first-order valence-corrected chi connectivity index (χ1v) is 8.34. The van der Waals surface area contributed by atoms with Gasteiger partial charge in [0.05, 0.1) is 12.5 Å². The molecule has 29 heavy (non-hydrogen) atoms. The maximum atomic E-state index is 13.7. The normalized spacial score (nSPS) is 15.1. The number of halogens is 5. The van der Waals surface area contributed by atoms with Gasteiger partial charge >= 0.3 is 0 Å². The van der Waals surface area contributed by atoms with Crippen molar-refractivity contribution in [3.8, 4) is 0 Å². The molecule has 5 nitrogen and oxygen atoms in total. The molecule has 0 fully saturated rings. The Hall–Kier alpha value is -3.43. The lowest BCUT2D eigenvalue weighted by Gasteiger charge is -2.32. The van der Waals surface area contributed by atoms with Gasteiger partial charge in [-0.3, -0.25) is 20.4 Å². The fourth-order valence-electron chi connectivity index (χ4n) is 2.99. The van der Waals surface area contributed by atoms with Crippen LogP contribution in [0.4, 0.5) is 27.6 Å². The monoisotopic (exact) mass is 411 g/mol. The summed E-state index contributed by atoms with van der Waals surface area (Å²) in [5.41, 5.74) is 3.69. The third kappa shape index (κ3) is 3.78. The summed E-state index contributed by atoms with van der Waals surface area (Å²) in [7, 11) is 0. The molecule has 0 radical (unpaired) electrons. The number of carbonyl (C=O) groups excluding carboxylic acids is 2. The van der Waals surface area contributed by atoms with Crippen molar-refractivity contribution in [2.45, 2.75) is 19.4 Å². The lowest BCUT2D eigenvalue weighted by Crippen LogP contribution is -2.37. The van der Waals surface area contributed by atoms with Crippen LogP contribution in [-0.2, 0) is 9.59 Å². The number of benzene rings is 2. The minimum absolute atomic E-state index is 0.330. The maximum Gasteiger partial charge on any atom is 0.240 e. The van der Waals surface area contributed by atoms with Crippen molar-refractivity contribution in [3.63, 3.8) is 0 Å². The number of nitrogens with one attached hydrogen (secondary N) is 2. The highest BCUT2D eigenvalue weighted by atomic mass is 19.2.